The smallest absolute Gasteiger partial charge is 0.411 e. The summed E-state index contributed by atoms with van der Waals surface area (Å²) in [6.45, 7) is 19.2. The highest BCUT2D eigenvalue weighted by Crippen LogP contribution is 2.21. The molecule has 1 heterocycles. The number of phenols is 1. The minimum Gasteiger partial charge on any atom is -0.505 e. The molecule has 3 N–H and O–H groups in total. The summed E-state index contributed by atoms with van der Waals surface area (Å²) in [7, 11) is 0. The molecule has 2 aromatic carbocycles. The van der Waals surface area contributed by atoms with Gasteiger partial charge in [0.15, 0.2) is 11.6 Å². The fourth-order valence-electron chi connectivity index (χ4n) is 4.65. The molecule has 1 amide bonds. The Morgan fingerprint density at radius 1 is 1.05 bits per heavy atom. The Labute approximate surface area is 249 Å². The second-order valence-corrected chi connectivity index (χ2v) is 10.2. The number of carbonyl (C=O) groups excluding carboxylic acids is 1. The van der Waals surface area contributed by atoms with E-state index in [1.54, 1.807) is 42.5 Å². The number of hydrogen-bond acceptors (Lipinski definition) is 5. The second-order valence-electron chi connectivity index (χ2n) is 10.2. The number of amides is 1. The first kappa shape index (κ1) is 32.3. The van der Waals surface area contributed by atoms with Gasteiger partial charge in [0.05, 0.1) is 5.70 Å². The van der Waals surface area contributed by atoms with Crippen LogP contribution in [0.2, 0.25) is 0 Å². The summed E-state index contributed by atoms with van der Waals surface area (Å²) in [6, 6.07) is 13.2. The third-order valence-electron chi connectivity index (χ3n) is 7.19. The molecule has 0 radical (unpaired) electrons. The Kier molecular flexibility index (Phi) is 13.0. The zero-order valence-electron chi connectivity index (χ0n) is 24.3. The van der Waals surface area contributed by atoms with Crippen molar-refractivity contribution in [3.8, 4) is 5.75 Å². The van der Waals surface area contributed by atoms with Crippen molar-refractivity contribution in [1.29, 1.82) is 0 Å². The van der Waals surface area contributed by atoms with Crippen molar-refractivity contribution in [3.05, 3.63) is 139 Å². The van der Waals surface area contributed by atoms with E-state index in [9.17, 15) is 14.3 Å². The van der Waals surface area contributed by atoms with Crippen LogP contribution in [0.25, 0.3) is 0 Å². The van der Waals surface area contributed by atoms with Gasteiger partial charge in [-0.2, -0.15) is 0 Å². The minimum atomic E-state index is -0.598. The van der Waals surface area contributed by atoms with Crippen molar-refractivity contribution >= 4 is 6.09 Å². The Hall–Kier alpha value is -4.20. The average Bonchev–Trinajstić information content (AvgIpc) is 2.99. The summed E-state index contributed by atoms with van der Waals surface area (Å²) < 4.78 is 19.1. The molecule has 0 unspecified atom stereocenters. The highest BCUT2D eigenvalue weighted by Gasteiger charge is 2.23. The average molecular weight is 572 g/mol. The lowest BCUT2D eigenvalue weighted by atomic mass is 10.0. The normalized spacial score (nSPS) is 14.5. The van der Waals surface area contributed by atoms with Crippen LogP contribution in [0.1, 0.15) is 29.5 Å². The number of carbonyl (C=O) groups is 1. The lowest BCUT2D eigenvalue weighted by Crippen LogP contribution is -2.40. The summed E-state index contributed by atoms with van der Waals surface area (Å²) >= 11 is 0. The molecule has 0 aromatic heterocycles. The Bertz CT molecular complexity index is 1310. The monoisotopic (exact) mass is 571 g/mol. The zero-order chi connectivity index (χ0) is 30.3. The predicted molar refractivity (Wildman–Crippen MR) is 169 cm³/mol. The Morgan fingerprint density at radius 3 is 2.40 bits per heavy atom. The molecule has 0 aliphatic carbocycles. The highest BCUT2D eigenvalue weighted by atomic mass is 19.1. The number of alkyl carbamates (subject to hydrolysis) is 1. The minimum absolute atomic E-state index is 0.138. The topological polar surface area (TPSA) is 73.8 Å². The molecule has 1 saturated heterocycles. The van der Waals surface area contributed by atoms with Gasteiger partial charge in [-0.25, -0.2) is 9.18 Å². The summed E-state index contributed by atoms with van der Waals surface area (Å²) in [5, 5.41) is 15.8. The van der Waals surface area contributed by atoms with E-state index in [1.165, 1.54) is 17.2 Å². The van der Waals surface area contributed by atoms with E-state index in [-0.39, 0.29) is 11.9 Å². The number of benzene rings is 2. The lowest BCUT2D eigenvalue weighted by molar-refractivity contribution is 0.0527. The number of hydrogen-bond donors (Lipinski definition) is 3. The fourth-order valence-corrected chi connectivity index (χ4v) is 4.65. The van der Waals surface area contributed by atoms with Crippen molar-refractivity contribution in [3.63, 3.8) is 0 Å². The number of nitrogens with one attached hydrogen (secondary N) is 2. The molecule has 222 valence electrons. The lowest BCUT2D eigenvalue weighted by Gasteiger charge is -2.31. The molecule has 0 saturated carbocycles. The Balaban J connectivity index is 1.34. The number of piperidine rings is 1. The van der Waals surface area contributed by atoms with Gasteiger partial charge in [-0.3, -0.25) is 5.32 Å². The summed E-state index contributed by atoms with van der Waals surface area (Å²) in [5.41, 5.74) is 4.78. The second kappa shape index (κ2) is 16.9. The van der Waals surface area contributed by atoms with Crippen LogP contribution in [0.15, 0.2) is 116 Å². The van der Waals surface area contributed by atoms with Crippen LogP contribution < -0.4 is 10.6 Å². The van der Waals surface area contributed by atoms with E-state index in [0.29, 0.717) is 29.0 Å². The molecule has 1 fully saturated rings. The van der Waals surface area contributed by atoms with E-state index >= 15 is 0 Å². The number of nitrogens with zero attached hydrogens (tertiary/aromatic N) is 1. The van der Waals surface area contributed by atoms with E-state index in [0.717, 1.165) is 51.9 Å². The summed E-state index contributed by atoms with van der Waals surface area (Å²) in [6.07, 6.45) is 11.1. The van der Waals surface area contributed by atoms with Crippen molar-refractivity contribution < 1.29 is 19.0 Å². The van der Waals surface area contributed by atoms with Gasteiger partial charge in [0.25, 0.3) is 0 Å². The maximum absolute atomic E-state index is 13.5. The van der Waals surface area contributed by atoms with Crippen LogP contribution in [-0.2, 0) is 24.1 Å². The SMILES string of the molecule is C=C/C=C\C(=C)C(=C)/C(=C\C=C)NC(=O)OC1CCN(CCc2ccc(CCNCc3cccc(F)c3O)cc2)CC1. The predicted octanol–water partition coefficient (Wildman–Crippen LogP) is 6.52. The van der Waals surface area contributed by atoms with Gasteiger partial charge >= 0.3 is 6.09 Å². The van der Waals surface area contributed by atoms with Crippen LogP contribution in [0.4, 0.5) is 9.18 Å². The number of likely N-dealkylation sites (tertiary alicyclic amines) is 1. The van der Waals surface area contributed by atoms with E-state index < -0.39 is 11.9 Å². The number of allylic oxidation sites excluding steroid dienone is 6. The molecule has 6 nitrogen and oxygen atoms in total. The fraction of sp³-hybridized carbons (Fsp3) is 0.286. The summed E-state index contributed by atoms with van der Waals surface area (Å²) in [5.74, 6) is -0.885. The standard InChI is InChI=1S/C35H42FN3O3/c1-5-7-10-26(3)27(4)33(9-6-2)38-35(41)42-31-19-23-39(24-20-31)22-18-29-15-13-28(14-16-29)17-21-37-25-30-11-8-12-32(36)34(30)40/h5-16,31,37,40H,1-4,17-25H2,(H,38,41)/b10-7-,33-9+. The van der Waals surface area contributed by atoms with Crippen molar-refractivity contribution in [2.24, 2.45) is 0 Å². The summed E-state index contributed by atoms with van der Waals surface area (Å²) in [4.78, 5) is 15.0. The Morgan fingerprint density at radius 2 is 1.74 bits per heavy atom. The zero-order valence-corrected chi connectivity index (χ0v) is 24.3. The maximum atomic E-state index is 13.5. The van der Waals surface area contributed by atoms with Gasteiger partial charge in [-0.15, -0.1) is 0 Å². The molecule has 7 heteroatoms. The first-order valence-corrected chi connectivity index (χ1v) is 14.3. The number of ether oxygens (including phenoxy) is 1. The number of aromatic hydroxyl groups is 1. The highest BCUT2D eigenvalue weighted by molar-refractivity contribution is 5.72. The van der Waals surface area contributed by atoms with Gasteiger partial charge in [-0.1, -0.05) is 87.0 Å². The largest absolute Gasteiger partial charge is 0.505 e. The molecular weight excluding hydrogens is 529 g/mol. The van der Waals surface area contributed by atoms with Gasteiger partial charge in [0.1, 0.15) is 6.10 Å². The number of rotatable bonds is 15. The first-order chi connectivity index (χ1) is 20.3. The first-order valence-electron chi connectivity index (χ1n) is 14.3. The third-order valence-corrected chi connectivity index (χ3v) is 7.19. The molecule has 1 aliphatic heterocycles. The molecule has 1 aliphatic rings. The number of phenolic OH excluding ortho intramolecular Hbond substituents is 1. The van der Waals surface area contributed by atoms with Gasteiger partial charge in [-0.05, 0) is 66.6 Å². The van der Waals surface area contributed by atoms with Crippen molar-refractivity contribution in [2.75, 3.05) is 26.2 Å². The third kappa shape index (κ3) is 10.3. The van der Waals surface area contributed by atoms with E-state index in [2.05, 4.69) is 66.1 Å². The molecule has 0 bridgehead atoms. The van der Waals surface area contributed by atoms with Gasteiger partial charge < -0.3 is 20.1 Å². The van der Waals surface area contributed by atoms with Crippen molar-refractivity contribution in [2.45, 2.75) is 38.3 Å². The van der Waals surface area contributed by atoms with E-state index in [1.807, 2.05) is 0 Å². The quantitative estimate of drug-likeness (QED) is 0.168. The van der Waals surface area contributed by atoms with Gasteiger partial charge in [0, 0.05) is 31.7 Å². The maximum Gasteiger partial charge on any atom is 0.411 e. The molecule has 0 spiro atoms. The molecule has 42 heavy (non-hydrogen) atoms. The van der Waals surface area contributed by atoms with E-state index in [4.69, 9.17) is 4.74 Å². The number of halogens is 1. The van der Waals surface area contributed by atoms with Crippen molar-refractivity contribution in [1.82, 2.24) is 15.5 Å². The van der Waals surface area contributed by atoms with Crippen LogP contribution in [0, 0.1) is 5.82 Å². The molecule has 2 aromatic rings. The molecular formula is C35H42FN3O3. The van der Waals surface area contributed by atoms with Crippen LogP contribution in [-0.4, -0.2) is 48.4 Å². The van der Waals surface area contributed by atoms with Crippen LogP contribution in [0.3, 0.4) is 0 Å². The number of para-hydroxylation sites is 1. The molecule has 3 rings (SSSR count). The molecule has 0 atom stereocenters. The van der Waals surface area contributed by atoms with Crippen LogP contribution >= 0.6 is 0 Å². The van der Waals surface area contributed by atoms with Gasteiger partial charge in [0.2, 0.25) is 0 Å². The van der Waals surface area contributed by atoms with Crippen LogP contribution in [0.5, 0.6) is 5.75 Å².